The molecule has 1 saturated heterocycles. The molecule has 0 radical (unpaired) electrons. The van der Waals surface area contributed by atoms with Gasteiger partial charge in [0.1, 0.15) is 5.82 Å². The van der Waals surface area contributed by atoms with Crippen molar-refractivity contribution in [3.8, 4) is 0 Å². The quantitative estimate of drug-likeness (QED) is 0.310. The number of alkyl halides is 2. The Morgan fingerprint density at radius 3 is 2.05 bits per heavy atom. The van der Waals surface area contributed by atoms with Crippen LogP contribution in [0, 0.1) is 40.8 Å². The summed E-state index contributed by atoms with van der Waals surface area (Å²) in [4.78, 5) is 31.5. The number of aryl methyl sites for hydroxylation is 1. The van der Waals surface area contributed by atoms with E-state index in [0.29, 0.717) is 5.82 Å². The third-order valence-electron chi connectivity index (χ3n) is 8.68. The van der Waals surface area contributed by atoms with Gasteiger partial charge in [0.15, 0.2) is 11.6 Å². The molecule has 3 heterocycles. The number of pyridine rings is 1. The van der Waals surface area contributed by atoms with Crippen molar-refractivity contribution in [1.29, 1.82) is 0 Å². The molecule has 1 amide bonds. The molecule has 9 nitrogen and oxygen atoms in total. The van der Waals surface area contributed by atoms with Gasteiger partial charge < -0.3 is 20.4 Å². The average Bonchev–Trinajstić information content (AvgIpc) is 3.19. The molecule has 1 fully saturated rings. The van der Waals surface area contributed by atoms with Crippen LogP contribution in [0.4, 0.5) is 29.6 Å². The predicted octanol–water partition coefficient (Wildman–Crippen LogP) is 7.48. The molecule has 2 aromatic heterocycles. The Labute approximate surface area is 251 Å². The first kappa shape index (κ1) is 34.2. The SMILES string of the molecule is Cc1cc(Nc2cc(C(F)F)c(F)c(C[C@@]3(C(=O)O)C(C(C)(C)C)CN(C(=O)O)[C@H](C)C3C(C)(C)C)n2)nn1C(C)(C)C. The summed E-state index contributed by atoms with van der Waals surface area (Å²) in [5.74, 6) is -3.94. The number of amides is 1. The zero-order valence-electron chi connectivity index (χ0n) is 27.0. The highest BCUT2D eigenvalue weighted by atomic mass is 19.3. The zero-order chi connectivity index (χ0) is 33.0. The first-order valence-corrected chi connectivity index (χ1v) is 14.5. The Morgan fingerprint density at radius 2 is 1.63 bits per heavy atom. The van der Waals surface area contributed by atoms with Gasteiger partial charge in [0, 0.05) is 36.7 Å². The second-order valence-electron chi connectivity index (χ2n) is 15.0. The summed E-state index contributed by atoms with van der Waals surface area (Å²) in [7, 11) is 0. The molecular weight excluding hydrogens is 563 g/mol. The van der Waals surface area contributed by atoms with E-state index in [1.165, 1.54) is 4.90 Å². The van der Waals surface area contributed by atoms with Crippen LogP contribution in [0.3, 0.4) is 0 Å². The number of carboxylic acids is 1. The Bertz CT molecular complexity index is 1370. The maximum atomic E-state index is 15.9. The number of hydrogen-bond acceptors (Lipinski definition) is 5. The molecule has 4 atom stereocenters. The van der Waals surface area contributed by atoms with E-state index in [-0.39, 0.29) is 17.9 Å². The molecule has 0 saturated carbocycles. The van der Waals surface area contributed by atoms with Gasteiger partial charge in [0.25, 0.3) is 6.43 Å². The lowest BCUT2D eigenvalue weighted by Gasteiger charge is -2.60. The normalized spacial score (nSPS) is 23.5. The highest BCUT2D eigenvalue weighted by Gasteiger charge is 2.64. The molecular formula is C31H46F3N5O4. The van der Waals surface area contributed by atoms with Crippen molar-refractivity contribution in [2.24, 2.45) is 28.1 Å². The first-order valence-electron chi connectivity index (χ1n) is 14.5. The zero-order valence-corrected chi connectivity index (χ0v) is 27.0. The Kier molecular flexibility index (Phi) is 9.00. The average molecular weight is 610 g/mol. The summed E-state index contributed by atoms with van der Waals surface area (Å²) in [5.41, 5.74) is -4.17. The minimum Gasteiger partial charge on any atom is -0.481 e. The molecule has 3 N–H and O–H groups in total. The van der Waals surface area contributed by atoms with Gasteiger partial charge >= 0.3 is 12.1 Å². The number of carbonyl (C=O) groups is 2. The lowest BCUT2D eigenvalue weighted by Crippen LogP contribution is -2.68. The molecule has 2 aromatic rings. The minimum absolute atomic E-state index is 0.0959. The van der Waals surface area contributed by atoms with E-state index in [1.54, 1.807) is 17.7 Å². The molecule has 0 aromatic carbocycles. The van der Waals surface area contributed by atoms with Crippen LogP contribution in [0.2, 0.25) is 0 Å². The molecule has 43 heavy (non-hydrogen) atoms. The number of rotatable bonds is 6. The highest BCUT2D eigenvalue weighted by molar-refractivity contribution is 5.78. The van der Waals surface area contributed by atoms with Crippen LogP contribution in [0.15, 0.2) is 12.1 Å². The largest absolute Gasteiger partial charge is 0.481 e. The smallest absolute Gasteiger partial charge is 0.407 e. The Hall–Kier alpha value is -3.31. The molecule has 0 aliphatic carbocycles. The van der Waals surface area contributed by atoms with Gasteiger partial charge in [-0.05, 0) is 57.4 Å². The number of carboxylic acid groups (broad SMARTS) is 2. The summed E-state index contributed by atoms with van der Waals surface area (Å²) in [6.45, 7) is 20.1. The second kappa shape index (κ2) is 11.3. The number of anilines is 2. The molecule has 0 bridgehead atoms. The van der Waals surface area contributed by atoms with Crippen LogP contribution in [-0.4, -0.2) is 54.5 Å². The predicted molar refractivity (Wildman–Crippen MR) is 158 cm³/mol. The number of halogens is 3. The molecule has 1 aliphatic rings. The van der Waals surface area contributed by atoms with Crippen LogP contribution in [0.5, 0.6) is 0 Å². The molecule has 12 heteroatoms. The van der Waals surface area contributed by atoms with Crippen molar-refractivity contribution in [2.75, 3.05) is 11.9 Å². The topological polar surface area (TPSA) is 121 Å². The summed E-state index contributed by atoms with van der Waals surface area (Å²) in [6.07, 6.45) is -4.89. The summed E-state index contributed by atoms with van der Waals surface area (Å²) < 4.78 is 46.1. The van der Waals surface area contributed by atoms with Gasteiger partial charge in [-0.3, -0.25) is 9.48 Å². The number of hydrogen-bond donors (Lipinski definition) is 3. The maximum Gasteiger partial charge on any atom is 0.407 e. The lowest BCUT2D eigenvalue weighted by atomic mass is 9.48. The van der Waals surface area contributed by atoms with Gasteiger partial charge in [-0.2, -0.15) is 5.10 Å². The summed E-state index contributed by atoms with van der Waals surface area (Å²) >= 11 is 0. The molecule has 2 unspecified atom stereocenters. The number of likely N-dealkylation sites (tertiary alicyclic amines) is 1. The number of nitrogens with one attached hydrogen (secondary N) is 1. The van der Waals surface area contributed by atoms with Gasteiger partial charge in [0.05, 0.1) is 22.2 Å². The van der Waals surface area contributed by atoms with E-state index in [1.807, 2.05) is 69.2 Å². The molecule has 3 rings (SSSR count). The van der Waals surface area contributed by atoms with E-state index >= 15 is 4.39 Å². The second-order valence-corrected chi connectivity index (χ2v) is 15.0. The number of aliphatic carboxylic acids is 1. The van der Waals surface area contributed by atoms with Gasteiger partial charge in [-0.1, -0.05) is 41.5 Å². The lowest BCUT2D eigenvalue weighted by molar-refractivity contribution is -0.184. The van der Waals surface area contributed by atoms with E-state index in [2.05, 4.69) is 15.4 Å². The van der Waals surface area contributed by atoms with Crippen molar-refractivity contribution < 1.29 is 33.0 Å². The van der Waals surface area contributed by atoms with Crippen molar-refractivity contribution in [2.45, 2.75) is 101 Å². The molecule has 240 valence electrons. The van der Waals surface area contributed by atoms with E-state index in [9.17, 15) is 28.6 Å². The molecule has 0 spiro atoms. The number of aromatic nitrogens is 3. The Morgan fingerprint density at radius 1 is 1.05 bits per heavy atom. The van der Waals surface area contributed by atoms with Crippen molar-refractivity contribution in [1.82, 2.24) is 19.7 Å². The van der Waals surface area contributed by atoms with Crippen molar-refractivity contribution in [3.05, 3.63) is 34.9 Å². The van der Waals surface area contributed by atoms with Crippen LogP contribution in [0.1, 0.15) is 92.6 Å². The van der Waals surface area contributed by atoms with E-state index in [0.717, 1.165) is 11.8 Å². The highest BCUT2D eigenvalue weighted by Crippen LogP contribution is 2.58. The van der Waals surface area contributed by atoms with Gasteiger partial charge in [-0.25, -0.2) is 22.9 Å². The standard InChI is InChI=1S/C31H46F3N5O4/c1-16-12-22(37-39(16)30(9,10)11)36-21-13-18(25(33)34)23(32)19(35-21)14-31(26(40)41)20(28(3,4)5)15-38(27(42)43)17(2)24(31)29(6,7)8/h12-13,17,20,24-25H,14-15H2,1-11H3,(H,40,41)(H,42,43)(H,35,36,37)/t17-,20?,24?,31-/m1/s1. The maximum absolute atomic E-state index is 15.9. The third kappa shape index (κ3) is 6.47. The van der Waals surface area contributed by atoms with Gasteiger partial charge in [0.2, 0.25) is 0 Å². The van der Waals surface area contributed by atoms with Crippen LogP contribution >= 0.6 is 0 Å². The van der Waals surface area contributed by atoms with Crippen LogP contribution < -0.4 is 5.32 Å². The third-order valence-corrected chi connectivity index (χ3v) is 8.68. The van der Waals surface area contributed by atoms with E-state index < -0.39 is 76.1 Å². The fourth-order valence-corrected chi connectivity index (χ4v) is 7.31. The van der Waals surface area contributed by atoms with Crippen molar-refractivity contribution in [3.63, 3.8) is 0 Å². The fraction of sp³-hybridized carbons (Fsp3) is 0.677. The monoisotopic (exact) mass is 609 g/mol. The number of piperidine rings is 1. The summed E-state index contributed by atoms with van der Waals surface area (Å²) in [5, 5.41) is 28.6. The molecule has 1 aliphatic heterocycles. The van der Waals surface area contributed by atoms with Crippen LogP contribution in [-0.2, 0) is 16.8 Å². The van der Waals surface area contributed by atoms with E-state index in [4.69, 9.17) is 0 Å². The minimum atomic E-state index is -3.19. The summed E-state index contributed by atoms with van der Waals surface area (Å²) in [6, 6.07) is 1.86. The van der Waals surface area contributed by atoms with Crippen LogP contribution in [0.25, 0.3) is 0 Å². The fourth-order valence-electron chi connectivity index (χ4n) is 7.31. The number of nitrogens with zero attached hydrogens (tertiary/aromatic N) is 4. The first-order chi connectivity index (χ1) is 19.4. The van der Waals surface area contributed by atoms with Crippen molar-refractivity contribution >= 4 is 23.7 Å². The Balaban J connectivity index is 2.29. The van der Waals surface area contributed by atoms with Gasteiger partial charge in [-0.15, -0.1) is 0 Å².